The Labute approximate surface area is 134 Å². The van der Waals surface area contributed by atoms with Gasteiger partial charge in [-0.1, -0.05) is 11.2 Å². The minimum atomic E-state index is -0.610. The first-order valence-corrected chi connectivity index (χ1v) is 8.06. The van der Waals surface area contributed by atoms with Crippen molar-refractivity contribution in [2.45, 2.75) is 37.6 Å². The second-order valence-electron chi connectivity index (χ2n) is 6.24. The molecule has 0 saturated carbocycles. The van der Waals surface area contributed by atoms with Gasteiger partial charge < -0.3 is 14.6 Å². The molecule has 1 N–H and O–H groups in total. The third-order valence-electron chi connectivity index (χ3n) is 4.85. The second-order valence-corrected chi connectivity index (χ2v) is 6.24. The predicted molar refractivity (Wildman–Crippen MR) is 82.0 cm³/mol. The molecule has 0 atom stereocenters. The van der Waals surface area contributed by atoms with Gasteiger partial charge in [-0.2, -0.15) is 4.98 Å². The maximum absolute atomic E-state index is 12.8. The lowest BCUT2D eigenvalue weighted by atomic mass is 9.88. The van der Waals surface area contributed by atoms with Crippen LogP contribution in [0.2, 0.25) is 0 Å². The van der Waals surface area contributed by atoms with Gasteiger partial charge in [-0.05, 0) is 42.5 Å². The number of benzene rings is 1. The molecule has 1 saturated heterocycles. The summed E-state index contributed by atoms with van der Waals surface area (Å²) in [5, 5.41) is 7.10. The number of aromatic nitrogens is 2. The van der Waals surface area contributed by atoms with Crippen LogP contribution in [0, 0.1) is 0 Å². The van der Waals surface area contributed by atoms with Crippen molar-refractivity contribution in [3.05, 3.63) is 47.1 Å². The molecule has 1 aliphatic heterocycles. The van der Waals surface area contributed by atoms with E-state index in [9.17, 15) is 4.79 Å². The van der Waals surface area contributed by atoms with Crippen LogP contribution in [0.5, 0.6) is 0 Å². The quantitative estimate of drug-likeness (QED) is 0.937. The van der Waals surface area contributed by atoms with E-state index in [1.807, 2.05) is 12.1 Å². The summed E-state index contributed by atoms with van der Waals surface area (Å²) in [6.45, 7) is 1.14. The van der Waals surface area contributed by atoms with E-state index < -0.39 is 5.54 Å². The van der Waals surface area contributed by atoms with E-state index in [0.717, 1.165) is 12.8 Å². The van der Waals surface area contributed by atoms with Crippen molar-refractivity contribution >= 4 is 5.91 Å². The summed E-state index contributed by atoms with van der Waals surface area (Å²) in [5.74, 6) is 0.432. The van der Waals surface area contributed by atoms with E-state index in [1.54, 1.807) is 0 Å². The van der Waals surface area contributed by atoms with Gasteiger partial charge in [0.2, 0.25) is 6.39 Å². The molecule has 0 spiro atoms. The number of rotatable bonds is 3. The lowest BCUT2D eigenvalue weighted by Crippen LogP contribution is -2.50. The normalized spacial score (nSPS) is 19.3. The van der Waals surface area contributed by atoms with Crippen LogP contribution < -0.4 is 5.32 Å². The monoisotopic (exact) mass is 313 g/mol. The maximum atomic E-state index is 12.8. The van der Waals surface area contributed by atoms with Gasteiger partial charge in [-0.25, -0.2) is 0 Å². The van der Waals surface area contributed by atoms with Gasteiger partial charge >= 0.3 is 0 Å². The van der Waals surface area contributed by atoms with Crippen LogP contribution in [0.15, 0.2) is 29.1 Å². The lowest BCUT2D eigenvalue weighted by molar-refractivity contribution is 0.0306. The first kappa shape index (κ1) is 14.4. The largest absolute Gasteiger partial charge is 0.381 e. The van der Waals surface area contributed by atoms with Crippen LogP contribution in [0.25, 0.3) is 0 Å². The topological polar surface area (TPSA) is 77.3 Å². The second kappa shape index (κ2) is 5.77. The molecular weight excluding hydrogens is 294 g/mol. The Morgan fingerprint density at radius 3 is 2.78 bits per heavy atom. The fraction of sp³-hybridized carbons (Fsp3) is 0.471. The molecule has 6 heteroatoms. The highest BCUT2D eigenvalue weighted by Gasteiger charge is 2.40. The minimum absolute atomic E-state index is 0.0913. The number of nitrogens with zero attached hydrogens (tertiary/aromatic N) is 2. The van der Waals surface area contributed by atoms with Crippen molar-refractivity contribution in [3.8, 4) is 0 Å². The number of amides is 1. The molecule has 1 amide bonds. The summed E-state index contributed by atoms with van der Waals surface area (Å²) in [6.07, 6.45) is 5.92. The van der Waals surface area contributed by atoms with Gasteiger partial charge in [0.1, 0.15) is 5.54 Å². The van der Waals surface area contributed by atoms with E-state index >= 15 is 0 Å². The molecule has 1 aromatic heterocycles. The zero-order chi connectivity index (χ0) is 15.7. The Balaban J connectivity index is 1.60. The smallest absolute Gasteiger partial charge is 0.252 e. The van der Waals surface area contributed by atoms with Crippen molar-refractivity contribution in [3.63, 3.8) is 0 Å². The van der Waals surface area contributed by atoms with E-state index in [1.165, 1.54) is 23.9 Å². The molecule has 1 fully saturated rings. The molecule has 1 aliphatic carbocycles. The number of hydrogen-bond donors (Lipinski definition) is 1. The molecule has 23 heavy (non-hydrogen) atoms. The number of aryl methyl sites for hydroxylation is 2. The molecule has 0 radical (unpaired) electrons. The Morgan fingerprint density at radius 1 is 1.17 bits per heavy atom. The Kier molecular flexibility index (Phi) is 3.61. The summed E-state index contributed by atoms with van der Waals surface area (Å²) in [6, 6.07) is 5.99. The average molecular weight is 313 g/mol. The Bertz CT molecular complexity index is 706. The molecule has 4 rings (SSSR count). The van der Waals surface area contributed by atoms with Gasteiger partial charge in [-0.3, -0.25) is 4.79 Å². The van der Waals surface area contributed by atoms with E-state index in [0.29, 0.717) is 37.4 Å². The van der Waals surface area contributed by atoms with Crippen LogP contribution >= 0.6 is 0 Å². The first-order chi connectivity index (χ1) is 11.3. The van der Waals surface area contributed by atoms with E-state index in [4.69, 9.17) is 9.26 Å². The van der Waals surface area contributed by atoms with Crippen molar-refractivity contribution in [2.75, 3.05) is 13.2 Å². The summed E-state index contributed by atoms with van der Waals surface area (Å²) < 4.78 is 10.3. The molecule has 0 bridgehead atoms. The number of nitrogens with one attached hydrogen (secondary N) is 1. The fourth-order valence-corrected chi connectivity index (χ4v) is 3.51. The van der Waals surface area contributed by atoms with Gasteiger partial charge in [-0.15, -0.1) is 0 Å². The summed E-state index contributed by atoms with van der Waals surface area (Å²) in [7, 11) is 0. The average Bonchev–Trinajstić information content (AvgIpc) is 3.26. The molecule has 2 heterocycles. The van der Waals surface area contributed by atoms with Gasteiger partial charge in [0.15, 0.2) is 5.82 Å². The van der Waals surface area contributed by atoms with Crippen LogP contribution in [0.1, 0.15) is 46.6 Å². The van der Waals surface area contributed by atoms with Gasteiger partial charge in [0.05, 0.1) is 0 Å². The van der Waals surface area contributed by atoms with Crippen molar-refractivity contribution < 1.29 is 14.1 Å². The number of carbonyl (C=O) groups is 1. The van der Waals surface area contributed by atoms with Crippen LogP contribution in [-0.4, -0.2) is 29.3 Å². The van der Waals surface area contributed by atoms with E-state index in [2.05, 4.69) is 21.5 Å². The number of hydrogen-bond acceptors (Lipinski definition) is 5. The van der Waals surface area contributed by atoms with Crippen LogP contribution in [0.4, 0.5) is 0 Å². The third kappa shape index (κ3) is 2.63. The zero-order valence-electron chi connectivity index (χ0n) is 12.9. The van der Waals surface area contributed by atoms with Crippen LogP contribution in [-0.2, 0) is 23.1 Å². The highest BCUT2D eigenvalue weighted by Crippen LogP contribution is 2.30. The third-order valence-corrected chi connectivity index (χ3v) is 4.85. The lowest BCUT2D eigenvalue weighted by Gasteiger charge is -2.35. The molecular formula is C17H19N3O3. The number of ether oxygens (including phenoxy) is 1. The Morgan fingerprint density at radius 2 is 2.00 bits per heavy atom. The van der Waals surface area contributed by atoms with Gasteiger partial charge in [0, 0.05) is 31.6 Å². The zero-order valence-corrected chi connectivity index (χ0v) is 12.9. The molecule has 120 valence electrons. The number of carbonyl (C=O) groups excluding carboxylic acids is 1. The first-order valence-electron chi connectivity index (χ1n) is 8.06. The number of fused-ring (bicyclic) bond motifs is 1. The highest BCUT2D eigenvalue weighted by atomic mass is 16.5. The van der Waals surface area contributed by atoms with Crippen molar-refractivity contribution in [1.82, 2.24) is 15.5 Å². The SMILES string of the molecule is O=C(NC1(c2ncon2)CCOCC1)c1ccc2c(c1)CCC2. The predicted octanol–water partition coefficient (Wildman–Crippen LogP) is 1.99. The fourth-order valence-electron chi connectivity index (χ4n) is 3.51. The van der Waals surface area contributed by atoms with Crippen molar-refractivity contribution in [2.24, 2.45) is 0 Å². The van der Waals surface area contributed by atoms with Crippen molar-refractivity contribution in [1.29, 1.82) is 0 Å². The summed E-state index contributed by atoms with van der Waals surface area (Å²) in [4.78, 5) is 16.9. The molecule has 6 nitrogen and oxygen atoms in total. The molecule has 0 unspecified atom stereocenters. The maximum Gasteiger partial charge on any atom is 0.252 e. The standard InChI is InChI=1S/C17H19N3O3/c21-15(14-5-4-12-2-1-3-13(12)10-14)19-17(6-8-22-9-7-17)16-18-11-23-20-16/h4-5,10-11H,1-3,6-9H2,(H,19,21). The van der Waals surface area contributed by atoms with E-state index in [-0.39, 0.29) is 5.91 Å². The molecule has 2 aromatic rings. The Hall–Kier alpha value is -2.21. The van der Waals surface area contributed by atoms with Crippen LogP contribution in [0.3, 0.4) is 0 Å². The molecule has 1 aromatic carbocycles. The summed E-state index contributed by atoms with van der Waals surface area (Å²) >= 11 is 0. The van der Waals surface area contributed by atoms with Gasteiger partial charge in [0.25, 0.3) is 5.91 Å². The minimum Gasteiger partial charge on any atom is -0.381 e. The summed E-state index contributed by atoms with van der Waals surface area (Å²) in [5.41, 5.74) is 2.74. The molecule has 2 aliphatic rings. The highest BCUT2D eigenvalue weighted by molar-refractivity contribution is 5.95.